The first-order chi connectivity index (χ1) is 10.0. The zero-order chi connectivity index (χ0) is 15.5. The van der Waals surface area contributed by atoms with Crippen LogP contribution >= 0.6 is 0 Å². The summed E-state index contributed by atoms with van der Waals surface area (Å²) in [5.74, 6) is 0.515. The van der Waals surface area contributed by atoms with E-state index in [1.165, 1.54) is 7.11 Å². The number of para-hydroxylation sites is 2. The van der Waals surface area contributed by atoms with Gasteiger partial charge in [0.15, 0.2) is 0 Å². The van der Waals surface area contributed by atoms with Crippen molar-refractivity contribution in [3.63, 3.8) is 0 Å². The van der Waals surface area contributed by atoms with Gasteiger partial charge in [-0.15, -0.1) is 0 Å². The molecule has 2 unspecified atom stereocenters. The van der Waals surface area contributed by atoms with Gasteiger partial charge in [-0.25, -0.2) is 4.79 Å². The Morgan fingerprint density at radius 1 is 1.38 bits per heavy atom. The molecule has 116 valence electrons. The standard InChI is InChI=1S/C16H24N2O3/c1-12-11-16(15(19)21-4,9-10-18(12)2)17-13-7-5-6-8-14(13)20-3/h5-8,12,17H,9-11H2,1-4H3. The van der Waals surface area contributed by atoms with Gasteiger partial charge < -0.3 is 19.7 Å². The number of methoxy groups -OCH3 is 2. The largest absolute Gasteiger partial charge is 0.495 e. The molecule has 1 heterocycles. The molecule has 1 aliphatic rings. The third-order valence-electron chi connectivity index (χ3n) is 4.34. The molecule has 21 heavy (non-hydrogen) atoms. The van der Waals surface area contributed by atoms with Crippen molar-refractivity contribution < 1.29 is 14.3 Å². The van der Waals surface area contributed by atoms with Crippen LogP contribution in [0, 0.1) is 0 Å². The van der Waals surface area contributed by atoms with E-state index in [0.29, 0.717) is 18.9 Å². The van der Waals surface area contributed by atoms with E-state index in [1.54, 1.807) is 7.11 Å². The van der Waals surface area contributed by atoms with Crippen LogP contribution in [0.25, 0.3) is 0 Å². The SMILES string of the molecule is COC(=O)C1(Nc2ccccc2OC)CCN(C)C(C)C1. The highest BCUT2D eigenvalue weighted by Crippen LogP contribution is 2.34. The summed E-state index contributed by atoms with van der Waals surface area (Å²) < 4.78 is 10.4. The Morgan fingerprint density at radius 2 is 2.10 bits per heavy atom. The fourth-order valence-electron chi connectivity index (χ4n) is 2.90. The molecule has 0 radical (unpaired) electrons. The maximum absolute atomic E-state index is 12.4. The normalized spacial score (nSPS) is 26.2. The van der Waals surface area contributed by atoms with E-state index in [9.17, 15) is 4.79 Å². The zero-order valence-electron chi connectivity index (χ0n) is 13.2. The second-order valence-corrected chi connectivity index (χ2v) is 5.68. The molecular weight excluding hydrogens is 268 g/mol. The zero-order valence-corrected chi connectivity index (χ0v) is 13.2. The van der Waals surface area contributed by atoms with Crippen molar-refractivity contribution in [1.82, 2.24) is 4.90 Å². The Morgan fingerprint density at radius 3 is 2.71 bits per heavy atom. The molecular formula is C16H24N2O3. The molecule has 2 rings (SSSR count). The Bertz CT molecular complexity index is 506. The Kier molecular flexibility index (Phi) is 4.73. The average molecular weight is 292 g/mol. The molecule has 1 aromatic carbocycles. The lowest BCUT2D eigenvalue weighted by molar-refractivity contribution is -0.148. The average Bonchev–Trinajstić information content (AvgIpc) is 2.50. The lowest BCUT2D eigenvalue weighted by Gasteiger charge is -2.43. The van der Waals surface area contributed by atoms with Crippen LogP contribution in [0.4, 0.5) is 5.69 Å². The maximum Gasteiger partial charge on any atom is 0.331 e. The predicted octanol–water partition coefficient (Wildman–Crippen LogP) is 2.13. The van der Waals surface area contributed by atoms with Gasteiger partial charge in [0.1, 0.15) is 11.3 Å². The van der Waals surface area contributed by atoms with Gasteiger partial charge in [0.05, 0.1) is 19.9 Å². The fraction of sp³-hybridized carbons (Fsp3) is 0.562. The number of rotatable bonds is 4. The molecule has 1 fully saturated rings. The van der Waals surface area contributed by atoms with Gasteiger partial charge in [-0.2, -0.15) is 0 Å². The highest BCUT2D eigenvalue weighted by Gasteiger charge is 2.44. The summed E-state index contributed by atoms with van der Waals surface area (Å²) in [4.78, 5) is 14.7. The third-order valence-corrected chi connectivity index (χ3v) is 4.34. The topological polar surface area (TPSA) is 50.8 Å². The summed E-state index contributed by atoms with van der Waals surface area (Å²) >= 11 is 0. The van der Waals surface area contributed by atoms with Crippen LogP contribution in [0.1, 0.15) is 19.8 Å². The van der Waals surface area contributed by atoms with Crippen molar-refractivity contribution in [2.24, 2.45) is 0 Å². The minimum Gasteiger partial charge on any atom is -0.495 e. The van der Waals surface area contributed by atoms with Crippen molar-refractivity contribution in [3.8, 4) is 5.75 Å². The molecule has 5 nitrogen and oxygen atoms in total. The van der Waals surface area contributed by atoms with Gasteiger partial charge in [0.25, 0.3) is 0 Å². The number of carbonyl (C=O) groups is 1. The van der Waals surface area contributed by atoms with E-state index >= 15 is 0 Å². The first-order valence-corrected chi connectivity index (χ1v) is 7.22. The minimum absolute atomic E-state index is 0.214. The summed E-state index contributed by atoms with van der Waals surface area (Å²) in [7, 11) is 5.15. The first kappa shape index (κ1) is 15.6. The molecule has 2 atom stereocenters. The predicted molar refractivity (Wildman–Crippen MR) is 82.7 cm³/mol. The number of carbonyl (C=O) groups excluding carboxylic acids is 1. The fourth-order valence-corrected chi connectivity index (χ4v) is 2.90. The van der Waals surface area contributed by atoms with Crippen molar-refractivity contribution in [2.75, 3.05) is 33.1 Å². The van der Waals surface area contributed by atoms with Gasteiger partial charge in [0, 0.05) is 12.6 Å². The second kappa shape index (κ2) is 6.35. The quantitative estimate of drug-likeness (QED) is 0.862. The summed E-state index contributed by atoms with van der Waals surface area (Å²) in [5.41, 5.74) is 0.122. The highest BCUT2D eigenvalue weighted by atomic mass is 16.5. The van der Waals surface area contributed by atoms with E-state index in [4.69, 9.17) is 9.47 Å². The van der Waals surface area contributed by atoms with Crippen molar-refractivity contribution in [1.29, 1.82) is 0 Å². The molecule has 1 aromatic rings. The summed E-state index contributed by atoms with van der Waals surface area (Å²) in [6, 6.07) is 7.94. The summed E-state index contributed by atoms with van der Waals surface area (Å²) in [5, 5.41) is 3.39. The monoisotopic (exact) mass is 292 g/mol. The Hall–Kier alpha value is -1.75. The number of piperidine rings is 1. The van der Waals surface area contributed by atoms with E-state index in [0.717, 1.165) is 18.0 Å². The van der Waals surface area contributed by atoms with Crippen molar-refractivity contribution >= 4 is 11.7 Å². The van der Waals surface area contributed by atoms with Crippen LogP contribution < -0.4 is 10.1 Å². The maximum atomic E-state index is 12.4. The lowest BCUT2D eigenvalue weighted by atomic mass is 9.83. The number of nitrogens with one attached hydrogen (secondary N) is 1. The molecule has 5 heteroatoms. The molecule has 0 aromatic heterocycles. The third kappa shape index (κ3) is 3.13. The number of hydrogen-bond acceptors (Lipinski definition) is 5. The molecule has 0 saturated carbocycles. The molecule has 1 N–H and O–H groups in total. The van der Waals surface area contributed by atoms with Crippen LogP contribution in [0.2, 0.25) is 0 Å². The lowest BCUT2D eigenvalue weighted by Crippen LogP contribution is -2.57. The molecule has 1 saturated heterocycles. The van der Waals surface area contributed by atoms with Crippen LogP contribution in [-0.4, -0.2) is 50.3 Å². The van der Waals surface area contributed by atoms with Gasteiger partial charge >= 0.3 is 5.97 Å². The Balaban J connectivity index is 2.31. The van der Waals surface area contributed by atoms with Gasteiger partial charge in [-0.3, -0.25) is 0 Å². The summed E-state index contributed by atoms with van der Waals surface area (Å²) in [6.07, 6.45) is 1.41. The van der Waals surface area contributed by atoms with Crippen molar-refractivity contribution in [2.45, 2.75) is 31.3 Å². The number of anilines is 1. The van der Waals surface area contributed by atoms with E-state index in [2.05, 4.69) is 24.2 Å². The van der Waals surface area contributed by atoms with Crippen LogP contribution in [0.5, 0.6) is 5.75 Å². The first-order valence-electron chi connectivity index (χ1n) is 7.22. The molecule has 0 amide bonds. The number of benzene rings is 1. The number of nitrogens with zero attached hydrogens (tertiary/aromatic N) is 1. The van der Waals surface area contributed by atoms with Crippen LogP contribution in [-0.2, 0) is 9.53 Å². The Labute approximate surface area is 126 Å². The van der Waals surface area contributed by atoms with Gasteiger partial charge in [-0.05, 0) is 38.9 Å². The van der Waals surface area contributed by atoms with Gasteiger partial charge in [-0.1, -0.05) is 12.1 Å². The van der Waals surface area contributed by atoms with E-state index in [-0.39, 0.29) is 5.97 Å². The molecule has 0 spiro atoms. The number of esters is 1. The van der Waals surface area contributed by atoms with Crippen LogP contribution in [0.3, 0.4) is 0 Å². The van der Waals surface area contributed by atoms with Crippen molar-refractivity contribution in [3.05, 3.63) is 24.3 Å². The smallest absolute Gasteiger partial charge is 0.331 e. The number of ether oxygens (including phenoxy) is 2. The van der Waals surface area contributed by atoms with E-state index < -0.39 is 5.54 Å². The summed E-state index contributed by atoms with van der Waals surface area (Å²) in [6.45, 7) is 2.97. The molecule has 0 bridgehead atoms. The number of hydrogen-bond donors (Lipinski definition) is 1. The minimum atomic E-state index is -0.699. The second-order valence-electron chi connectivity index (χ2n) is 5.68. The van der Waals surface area contributed by atoms with E-state index in [1.807, 2.05) is 24.3 Å². The van der Waals surface area contributed by atoms with Gasteiger partial charge in [0.2, 0.25) is 0 Å². The number of likely N-dealkylation sites (tertiary alicyclic amines) is 1. The van der Waals surface area contributed by atoms with Crippen LogP contribution in [0.15, 0.2) is 24.3 Å². The highest BCUT2D eigenvalue weighted by molar-refractivity contribution is 5.85. The molecule has 0 aliphatic carbocycles. The molecule has 1 aliphatic heterocycles.